The normalized spacial score (nSPS) is 15.4. The van der Waals surface area contributed by atoms with Gasteiger partial charge in [0.25, 0.3) is 0 Å². The summed E-state index contributed by atoms with van der Waals surface area (Å²) in [7, 11) is 1.62. The molecule has 0 radical (unpaired) electrons. The summed E-state index contributed by atoms with van der Waals surface area (Å²) in [5.41, 5.74) is 1.77. The van der Waals surface area contributed by atoms with Crippen molar-refractivity contribution in [3.63, 3.8) is 0 Å². The second kappa shape index (κ2) is 4.18. The first-order valence-electron chi connectivity index (χ1n) is 5.78. The van der Waals surface area contributed by atoms with E-state index >= 15 is 0 Å². The molecule has 2 aromatic rings. The van der Waals surface area contributed by atoms with Crippen molar-refractivity contribution >= 4 is 22.8 Å². The summed E-state index contributed by atoms with van der Waals surface area (Å²) in [6.07, 6.45) is 2.59. The van der Waals surface area contributed by atoms with Crippen molar-refractivity contribution in [2.75, 3.05) is 7.11 Å². The number of rotatable bonds is 4. The SMILES string of the molecule is COc1ccc2nc(CCl)n(CC3CC3)c2n1. The molecule has 0 saturated heterocycles. The van der Waals surface area contributed by atoms with Crippen LogP contribution in [0.3, 0.4) is 0 Å². The van der Waals surface area contributed by atoms with Gasteiger partial charge in [-0.1, -0.05) is 0 Å². The fourth-order valence-corrected chi connectivity index (χ4v) is 2.20. The van der Waals surface area contributed by atoms with E-state index in [-0.39, 0.29) is 0 Å². The first kappa shape index (κ1) is 10.8. The predicted octanol–water partition coefficient (Wildman–Crippen LogP) is 2.59. The van der Waals surface area contributed by atoms with Crippen LogP contribution in [0.4, 0.5) is 0 Å². The second-order valence-corrected chi connectivity index (χ2v) is 4.68. The molecule has 1 saturated carbocycles. The lowest BCUT2D eigenvalue weighted by molar-refractivity contribution is 0.398. The zero-order valence-corrected chi connectivity index (χ0v) is 10.4. The van der Waals surface area contributed by atoms with Crippen LogP contribution in [0.15, 0.2) is 12.1 Å². The minimum Gasteiger partial charge on any atom is -0.481 e. The molecule has 2 aromatic heterocycles. The summed E-state index contributed by atoms with van der Waals surface area (Å²) in [5, 5.41) is 0. The lowest BCUT2D eigenvalue weighted by atomic mass is 10.4. The van der Waals surface area contributed by atoms with Gasteiger partial charge in [0.2, 0.25) is 5.88 Å². The number of hydrogen-bond donors (Lipinski definition) is 0. The molecule has 0 N–H and O–H groups in total. The van der Waals surface area contributed by atoms with Crippen LogP contribution in [0.5, 0.6) is 5.88 Å². The van der Waals surface area contributed by atoms with Crippen molar-refractivity contribution in [2.45, 2.75) is 25.3 Å². The maximum atomic E-state index is 5.94. The molecule has 1 aliphatic carbocycles. The molecule has 90 valence electrons. The molecule has 1 aliphatic rings. The maximum absolute atomic E-state index is 5.94. The third-order valence-corrected chi connectivity index (χ3v) is 3.35. The Morgan fingerprint density at radius 3 is 2.88 bits per heavy atom. The third-order valence-electron chi connectivity index (χ3n) is 3.11. The summed E-state index contributed by atoms with van der Waals surface area (Å²) in [6, 6.07) is 3.76. The van der Waals surface area contributed by atoms with Gasteiger partial charge in [0.05, 0.1) is 13.0 Å². The number of halogens is 1. The van der Waals surface area contributed by atoms with Crippen molar-refractivity contribution in [1.29, 1.82) is 0 Å². The summed E-state index contributed by atoms with van der Waals surface area (Å²) >= 11 is 5.94. The standard InChI is InChI=1S/C12H14ClN3O/c1-17-11-5-4-9-12(15-11)16(7-8-2-3-8)10(6-13)14-9/h4-5,8H,2-3,6-7H2,1H3. The van der Waals surface area contributed by atoms with Crippen LogP contribution in [0.2, 0.25) is 0 Å². The third kappa shape index (κ3) is 1.97. The fraction of sp³-hybridized carbons (Fsp3) is 0.500. The second-order valence-electron chi connectivity index (χ2n) is 4.41. The van der Waals surface area contributed by atoms with Crippen LogP contribution in [0.25, 0.3) is 11.2 Å². The molecule has 0 bridgehead atoms. The van der Waals surface area contributed by atoms with Gasteiger partial charge in [-0.05, 0) is 24.8 Å². The van der Waals surface area contributed by atoms with E-state index in [4.69, 9.17) is 16.3 Å². The van der Waals surface area contributed by atoms with Gasteiger partial charge >= 0.3 is 0 Å². The molecular weight excluding hydrogens is 238 g/mol. The molecule has 5 heteroatoms. The van der Waals surface area contributed by atoms with Crippen molar-refractivity contribution in [3.05, 3.63) is 18.0 Å². The Hall–Kier alpha value is -1.29. The molecule has 17 heavy (non-hydrogen) atoms. The first-order valence-corrected chi connectivity index (χ1v) is 6.31. The van der Waals surface area contributed by atoms with Crippen molar-refractivity contribution < 1.29 is 4.74 Å². The number of alkyl halides is 1. The monoisotopic (exact) mass is 251 g/mol. The van der Waals surface area contributed by atoms with Crippen molar-refractivity contribution in [1.82, 2.24) is 14.5 Å². The summed E-state index contributed by atoms with van der Waals surface area (Å²) in [5.74, 6) is 2.71. The average Bonchev–Trinajstić information content (AvgIpc) is 3.11. The van der Waals surface area contributed by atoms with E-state index in [2.05, 4.69) is 14.5 Å². The van der Waals surface area contributed by atoms with Crippen molar-refractivity contribution in [3.8, 4) is 5.88 Å². The van der Waals surface area contributed by atoms with Gasteiger partial charge in [-0.3, -0.25) is 0 Å². The van der Waals surface area contributed by atoms with Gasteiger partial charge in [0, 0.05) is 12.6 Å². The highest BCUT2D eigenvalue weighted by atomic mass is 35.5. The molecule has 0 atom stereocenters. The van der Waals surface area contributed by atoms with Gasteiger partial charge in [-0.25, -0.2) is 4.98 Å². The number of aromatic nitrogens is 3. The van der Waals surface area contributed by atoms with E-state index in [9.17, 15) is 0 Å². The molecule has 2 heterocycles. The highest BCUT2D eigenvalue weighted by Gasteiger charge is 2.24. The predicted molar refractivity (Wildman–Crippen MR) is 66.4 cm³/mol. The largest absolute Gasteiger partial charge is 0.481 e. The highest BCUT2D eigenvalue weighted by Crippen LogP contribution is 2.32. The molecule has 0 aliphatic heterocycles. The lowest BCUT2D eigenvalue weighted by Crippen LogP contribution is -2.05. The number of imidazole rings is 1. The smallest absolute Gasteiger partial charge is 0.215 e. The Kier molecular flexibility index (Phi) is 2.67. The molecule has 1 fully saturated rings. The van der Waals surface area contributed by atoms with Gasteiger partial charge in [0.1, 0.15) is 11.3 Å². The Morgan fingerprint density at radius 2 is 2.24 bits per heavy atom. The van der Waals surface area contributed by atoms with E-state index in [0.717, 1.165) is 29.5 Å². The number of fused-ring (bicyclic) bond motifs is 1. The van der Waals surface area contributed by atoms with Gasteiger partial charge < -0.3 is 9.30 Å². The first-order chi connectivity index (χ1) is 8.31. The molecule has 0 unspecified atom stereocenters. The van der Waals surface area contributed by atoms with Crippen LogP contribution >= 0.6 is 11.6 Å². The molecule has 0 aromatic carbocycles. The number of hydrogen-bond acceptors (Lipinski definition) is 3. The van der Waals surface area contributed by atoms with Gasteiger partial charge in [-0.15, -0.1) is 11.6 Å². The van der Waals surface area contributed by atoms with E-state index < -0.39 is 0 Å². The number of nitrogens with zero attached hydrogens (tertiary/aromatic N) is 3. The van der Waals surface area contributed by atoms with Crippen LogP contribution in [0, 0.1) is 5.92 Å². The Morgan fingerprint density at radius 1 is 1.41 bits per heavy atom. The minimum atomic E-state index is 0.422. The average molecular weight is 252 g/mol. The van der Waals surface area contributed by atoms with E-state index in [0.29, 0.717) is 11.8 Å². The van der Waals surface area contributed by atoms with Gasteiger partial charge in [-0.2, -0.15) is 4.98 Å². The Labute approximate surface area is 105 Å². The fourth-order valence-electron chi connectivity index (χ4n) is 2.00. The Balaban J connectivity index is 2.11. The van der Waals surface area contributed by atoms with E-state index in [1.54, 1.807) is 7.11 Å². The maximum Gasteiger partial charge on any atom is 0.215 e. The minimum absolute atomic E-state index is 0.422. The van der Waals surface area contributed by atoms with Crippen LogP contribution in [-0.4, -0.2) is 21.6 Å². The summed E-state index contributed by atoms with van der Waals surface area (Å²) in [6.45, 7) is 0.971. The quantitative estimate of drug-likeness (QED) is 0.785. The van der Waals surface area contributed by atoms with Crippen LogP contribution < -0.4 is 4.74 Å². The molecule has 0 spiro atoms. The van der Waals surface area contributed by atoms with Gasteiger partial charge in [0.15, 0.2) is 5.65 Å². The summed E-state index contributed by atoms with van der Waals surface area (Å²) in [4.78, 5) is 8.96. The number of pyridine rings is 1. The summed E-state index contributed by atoms with van der Waals surface area (Å²) < 4.78 is 7.28. The number of methoxy groups -OCH3 is 1. The van der Waals surface area contributed by atoms with Crippen LogP contribution in [0.1, 0.15) is 18.7 Å². The highest BCUT2D eigenvalue weighted by molar-refractivity contribution is 6.16. The van der Waals surface area contributed by atoms with Crippen molar-refractivity contribution in [2.24, 2.45) is 5.92 Å². The zero-order valence-electron chi connectivity index (χ0n) is 9.69. The molecule has 0 amide bonds. The van der Waals surface area contributed by atoms with E-state index in [1.165, 1.54) is 12.8 Å². The van der Waals surface area contributed by atoms with E-state index in [1.807, 2.05) is 12.1 Å². The molecular formula is C12H14ClN3O. The lowest BCUT2D eigenvalue weighted by Gasteiger charge is -2.06. The molecule has 4 nitrogen and oxygen atoms in total. The zero-order chi connectivity index (χ0) is 11.8. The van der Waals surface area contributed by atoms with Crippen LogP contribution in [-0.2, 0) is 12.4 Å². The topological polar surface area (TPSA) is 39.9 Å². The molecule has 3 rings (SSSR count). The Bertz CT molecular complexity index is 548. The number of ether oxygens (including phenoxy) is 1.